The molecule has 1 heterocycles. The van der Waals surface area contributed by atoms with Crippen molar-refractivity contribution in [1.82, 2.24) is 4.98 Å². The standard InChI is InChI=1S/C12H23N3OS/c1-4-10(2)15(7-8-16-3)12-14-11(5-6-13)9-17-12/h9-10H,4-8,13H2,1-3H3. The van der Waals surface area contributed by atoms with Gasteiger partial charge >= 0.3 is 0 Å². The molecule has 0 saturated carbocycles. The average Bonchev–Trinajstić information content (AvgIpc) is 2.78. The number of hydrogen-bond donors (Lipinski definition) is 1. The van der Waals surface area contributed by atoms with Gasteiger partial charge in [0.1, 0.15) is 0 Å². The van der Waals surface area contributed by atoms with Gasteiger partial charge < -0.3 is 15.4 Å². The first-order valence-corrected chi connectivity index (χ1v) is 7.00. The van der Waals surface area contributed by atoms with Crippen LogP contribution in [0.15, 0.2) is 5.38 Å². The minimum absolute atomic E-state index is 0.488. The van der Waals surface area contributed by atoms with Crippen LogP contribution >= 0.6 is 11.3 Å². The Balaban J connectivity index is 2.72. The summed E-state index contributed by atoms with van der Waals surface area (Å²) in [6, 6.07) is 0.488. The molecule has 1 rings (SSSR count). The van der Waals surface area contributed by atoms with Gasteiger partial charge in [0, 0.05) is 31.5 Å². The lowest BCUT2D eigenvalue weighted by molar-refractivity contribution is 0.203. The molecule has 1 unspecified atom stereocenters. The van der Waals surface area contributed by atoms with Crippen molar-refractivity contribution in [3.05, 3.63) is 11.1 Å². The van der Waals surface area contributed by atoms with Gasteiger partial charge in [-0.2, -0.15) is 0 Å². The van der Waals surface area contributed by atoms with Crippen molar-refractivity contribution >= 4 is 16.5 Å². The first-order chi connectivity index (χ1) is 8.22. The summed E-state index contributed by atoms with van der Waals surface area (Å²) in [5, 5.41) is 3.18. The van der Waals surface area contributed by atoms with Crippen LogP contribution in [-0.4, -0.2) is 37.8 Å². The van der Waals surface area contributed by atoms with Crippen LogP contribution in [0.4, 0.5) is 5.13 Å². The molecule has 0 aromatic carbocycles. The molecule has 17 heavy (non-hydrogen) atoms. The highest BCUT2D eigenvalue weighted by Gasteiger charge is 2.16. The smallest absolute Gasteiger partial charge is 0.185 e. The zero-order chi connectivity index (χ0) is 12.7. The zero-order valence-corrected chi connectivity index (χ0v) is 11.8. The number of hydrogen-bond acceptors (Lipinski definition) is 5. The van der Waals surface area contributed by atoms with Crippen LogP contribution in [0.3, 0.4) is 0 Å². The highest BCUT2D eigenvalue weighted by atomic mass is 32.1. The molecule has 0 amide bonds. The molecule has 4 nitrogen and oxygen atoms in total. The zero-order valence-electron chi connectivity index (χ0n) is 11.0. The van der Waals surface area contributed by atoms with E-state index in [1.807, 2.05) is 0 Å². The highest BCUT2D eigenvalue weighted by Crippen LogP contribution is 2.23. The van der Waals surface area contributed by atoms with Gasteiger partial charge in [-0.05, 0) is 19.9 Å². The Morgan fingerprint density at radius 2 is 2.35 bits per heavy atom. The summed E-state index contributed by atoms with van der Waals surface area (Å²) in [7, 11) is 1.73. The molecular weight excluding hydrogens is 234 g/mol. The second-order valence-electron chi connectivity index (χ2n) is 4.10. The van der Waals surface area contributed by atoms with Crippen LogP contribution in [-0.2, 0) is 11.2 Å². The third-order valence-corrected chi connectivity index (χ3v) is 3.77. The van der Waals surface area contributed by atoms with Crippen molar-refractivity contribution in [1.29, 1.82) is 0 Å². The molecule has 98 valence electrons. The molecule has 2 N–H and O–H groups in total. The number of nitrogens with zero attached hydrogens (tertiary/aromatic N) is 2. The predicted molar refractivity (Wildman–Crippen MR) is 73.8 cm³/mol. The summed E-state index contributed by atoms with van der Waals surface area (Å²) in [5.74, 6) is 0. The summed E-state index contributed by atoms with van der Waals surface area (Å²) < 4.78 is 5.16. The lowest BCUT2D eigenvalue weighted by Gasteiger charge is -2.27. The molecule has 0 aliphatic carbocycles. The highest BCUT2D eigenvalue weighted by molar-refractivity contribution is 7.13. The molecule has 1 aromatic rings. The molecule has 0 fully saturated rings. The lowest BCUT2D eigenvalue weighted by Crippen LogP contribution is -2.35. The lowest BCUT2D eigenvalue weighted by atomic mass is 10.2. The van der Waals surface area contributed by atoms with Crippen molar-refractivity contribution in [3.8, 4) is 0 Å². The minimum Gasteiger partial charge on any atom is -0.383 e. The van der Waals surface area contributed by atoms with Crippen LogP contribution in [0.1, 0.15) is 26.0 Å². The molecule has 0 aliphatic rings. The van der Waals surface area contributed by atoms with Gasteiger partial charge in [0.05, 0.1) is 12.3 Å². The molecule has 0 saturated heterocycles. The number of aromatic nitrogens is 1. The Hall–Kier alpha value is -0.650. The molecule has 0 bridgehead atoms. The molecule has 5 heteroatoms. The number of nitrogens with two attached hydrogens (primary N) is 1. The second-order valence-corrected chi connectivity index (χ2v) is 4.94. The van der Waals surface area contributed by atoms with E-state index < -0.39 is 0 Å². The molecule has 1 atom stereocenters. The topological polar surface area (TPSA) is 51.4 Å². The van der Waals surface area contributed by atoms with E-state index in [0.717, 1.165) is 36.8 Å². The van der Waals surface area contributed by atoms with E-state index in [9.17, 15) is 0 Å². The normalized spacial score (nSPS) is 12.7. The van der Waals surface area contributed by atoms with E-state index in [-0.39, 0.29) is 0 Å². The SMILES string of the molecule is CCC(C)N(CCOC)c1nc(CCN)cs1. The fraction of sp³-hybridized carbons (Fsp3) is 0.750. The summed E-state index contributed by atoms with van der Waals surface area (Å²) in [6.45, 7) is 6.69. The first kappa shape index (κ1) is 14.4. The van der Waals surface area contributed by atoms with Gasteiger partial charge in [-0.15, -0.1) is 11.3 Å². The first-order valence-electron chi connectivity index (χ1n) is 6.13. The van der Waals surface area contributed by atoms with Crippen LogP contribution in [0.5, 0.6) is 0 Å². The van der Waals surface area contributed by atoms with Crippen molar-refractivity contribution in [2.45, 2.75) is 32.7 Å². The monoisotopic (exact) mass is 257 g/mol. The molecule has 0 aliphatic heterocycles. The second kappa shape index (κ2) is 7.63. The Bertz CT molecular complexity index is 316. The van der Waals surface area contributed by atoms with Crippen LogP contribution < -0.4 is 10.6 Å². The van der Waals surface area contributed by atoms with E-state index in [1.54, 1.807) is 18.4 Å². The van der Waals surface area contributed by atoms with Crippen LogP contribution in [0, 0.1) is 0 Å². The number of ether oxygens (including phenoxy) is 1. The van der Waals surface area contributed by atoms with Gasteiger partial charge in [0.15, 0.2) is 5.13 Å². The van der Waals surface area contributed by atoms with Crippen molar-refractivity contribution in [3.63, 3.8) is 0 Å². The molecule has 1 aromatic heterocycles. The van der Waals surface area contributed by atoms with E-state index in [0.29, 0.717) is 12.6 Å². The van der Waals surface area contributed by atoms with E-state index in [2.05, 4.69) is 29.1 Å². The van der Waals surface area contributed by atoms with Gasteiger partial charge in [0.25, 0.3) is 0 Å². The molecular formula is C12H23N3OS. The predicted octanol–water partition coefficient (Wildman–Crippen LogP) is 1.90. The summed E-state index contributed by atoms with van der Waals surface area (Å²) >= 11 is 1.70. The van der Waals surface area contributed by atoms with Gasteiger partial charge in [0.2, 0.25) is 0 Å². The maximum atomic E-state index is 5.54. The largest absolute Gasteiger partial charge is 0.383 e. The van der Waals surface area contributed by atoms with Crippen molar-refractivity contribution < 1.29 is 4.74 Å². The van der Waals surface area contributed by atoms with Crippen molar-refractivity contribution in [2.24, 2.45) is 5.73 Å². The molecule has 0 radical (unpaired) electrons. The summed E-state index contributed by atoms with van der Waals surface area (Å²) in [6.07, 6.45) is 1.96. The minimum atomic E-state index is 0.488. The third kappa shape index (κ3) is 4.26. The fourth-order valence-electron chi connectivity index (χ4n) is 1.61. The van der Waals surface area contributed by atoms with Gasteiger partial charge in [-0.1, -0.05) is 6.92 Å². The Labute approximate surface area is 108 Å². The quantitative estimate of drug-likeness (QED) is 0.773. The number of methoxy groups -OCH3 is 1. The van der Waals surface area contributed by atoms with E-state index in [1.165, 1.54) is 0 Å². The van der Waals surface area contributed by atoms with Gasteiger partial charge in [-0.25, -0.2) is 4.98 Å². The van der Waals surface area contributed by atoms with Crippen LogP contribution in [0.25, 0.3) is 0 Å². The van der Waals surface area contributed by atoms with Crippen molar-refractivity contribution in [2.75, 3.05) is 31.7 Å². The van der Waals surface area contributed by atoms with Gasteiger partial charge in [-0.3, -0.25) is 0 Å². The van der Waals surface area contributed by atoms with E-state index >= 15 is 0 Å². The molecule has 0 spiro atoms. The summed E-state index contributed by atoms with van der Waals surface area (Å²) in [5.41, 5.74) is 6.64. The van der Waals surface area contributed by atoms with Crippen LogP contribution in [0.2, 0.25) is 0 Å². The Morgan fingerprint density at radius 3 is 2.94 bits per heavy atom. The van der Waals surface area contributed by atoms with E-state index in [4.69, 9.17) is 10.5 Å². The maximum Gasteiger partial charge on any atom is 0.185 e. The Morgan fingerprint density at radius 1 is 1.59 bits per heavy atom. The number of anilines is 1. The Kier molecular flexibility index (Phi) is 6.47. The summed E-state index contributed by atoms with van der Waals surface area (Å²) in [4.78, 5) is 6.94. The maximum absolute atomic E-state index is 5.54. The number of thiazole rings is 1. The third-order valence-electron chi connectivity index (χ3n) is 2.84. The average molecular weight is 257 g/mol. The number of rotatable bonds is 8. The fourth-order valence-corrected chi connectivity index (χ4v) is 2.59.